The predicted octanol–water partition coefficient (Wildman–Crippen LogP) is 1.88. The van der Waals surface area contributed by atoms with Crippen molar-refractivity contribution in [1.82, 2.24) is 14.5 Å². The van der Waals surface area contributed by atoms with Crippen molar-refractivity contribution in [2.24, 2.45) is 0 Å². The molecule has 2 aromatic heterocycles. The van der Waals surface area contributed by atoms with Crippen molar-refractivity contribution < 1.29 is 4.52 Å². The fraction of sp³-hybridized carbons (Fsp3) is 0.0909. The lowest BCUT2D eigenvalue weighted by Crippen LogP contribution is -1.95. The summed E-state index contributed by atoms with van der Waals surface area (Å²) >= 11 is 0. The number of benzene rings is 1. The Morgan fingerprint density at radius 3 is 2.75 bits per heavy atom. The van der Waals surface area contributed by atoms with E-state index in [9.17, 15) is 0 Å². The number of fused-ring (bicyclic) bond motifs is 1. The minimum atomic E-state index is 0.425. The molecule has 0 saturated carbocycles. The molecule has 3 aromatic rings. The van der Waals surface area contributed by atoms with Crippen molar-refractivity contribution in [3.8, 4) is 11.4 Å². The molecule has 0 saturated heterocycles. The van der Waals surface area contributed by atoms with Gasteiger partial charge in [0.1, 0.15) is 5.82 Å². The molecule has 0 bridgehead atoms. The molecule has 0 amide bonds. The van der Waals surface area contributed by atoms with Gasteiger partial charge in [0.05, 0.1) is 5.69 Å². The van der Waals surface area contributed by atoms with Crippen molar-refractivity contribution in [3.63, 3.8) is 0 Å². The molecular formula is C11H10N4O. The van der Waals surface area contributed by atoms with Gasteiger partial charge >= 0.3 is 5.84 Å². The first-order chi connectivity index (χ1) is 7.77. The third-order valence-corrected chi connectivity index (χ3v) is 2.52. The summed E-state index contributed by atoms with van der Waals surface area (Å²) in [6, 6.07) is 9.73. The summed E-state index contributed by atoms with van der Waals surface area (Å²) in [6.07, 6.45) is 0. The molecule has 0 atom stereocenters. The third-order valence-electron chi connectivity index (χ3n) is 2.52. The van der Waals surface area contributed by atoms with E-state index in [0.717, 1.165) is 11.3 Å². The summed E-state index contributed by atoms with van der Waals surface area (Å²) in [4.78, 5) is 4.17. The van der Waals surface area contributed by atoms with Gasteiger partial charge in [-0.2, -0.15) is 4.98 Å². The number of nitrogens with zero attached hydrogens (tertiary/aromatic N) is 3. The van der Waals surface area contributed by atoms with Crippen LogP contribution < -0.4 is 5.73 Å². The molecule has 0 unspecified atom stereocenters. The number of rotatable bonds is 1. The Hall–Kier alpha value is -2.30. The van der Waals surface area contributed by atoms with Gasteiger partial charge in [0.2, 0.25) is 0 Å². The smallest absolute Gasteiger partial charge is 0.334 e. The second-order valence-corrected chi connectivity index (χ2v) is 3.57. The number of imidazole rings is 1. The minimum Gasteiger partial charge on any atom is -0.383 e. The van der Waals surface area contributed by atoms with Gasteiger partial charge in [-0.1, -0.05) is 35.5 Å². The second kappa shape index (κ2) is 3.10. The first-order valence-corrected chi connectivity index (χ1v) is 4.93. The van der Waals surface area contributed by atoms with Crippen molar-refractivity contribution in [3.05, 3.63) is 36.0 Å². The van der Waals surface area contributed by atoms with Crippen LogP contribution in [-0.2, 0) is 0 Å². The molecule has 0 aliphatic carbocycles. The molecule has 0 radical (unpaired) electrons. The topological polar surface area (TPSA) is 69.3 Å². The van der Waals surface area contributed by atoms with Crippen molar-refractivity contribution >= 4 is 11.7 Å². The Morgan fingerprint density at radius 1 is 1.25 bits per heavy atom. The molecule has 5 nitrogen and oxygen atoms in total. The molecule has 16 heavy (non-hydrogen) atoms. The van der Waals surface area contributed by atoms with Crippen LogP contribution in [0.2, 0.25) is 0 Å². The van der Waals surface area contributed by atoms with E-state index in [0.29, 0.717) is 17.5 Å². The summed E-state index contributed by atoms with van der Waals surface area (Å²) in [5, 5.41) is 3.97. The van der Waals surface area contributed by atoms with E-state index in [1.807, 2.05) is 37.3 Å². The highest BCUT2D eigenvalue weighted by atomic mass is 16.5. The summed E-state index contributed by atoms with van der Waals surface area (Å²) in [7, 11) is 0. The van der Waals surface area contributed by atoms with Gasteiger partial charge in [-0.3, -0.25) is 0 Å². The van der Waals surface area contributed by atoms with Gasteiger partial charge in [-0.05, 0) is 6.92 Å². The van der Waals surface area contributed by atoms with Gasteiger partial charge in [0.25, 0.3) is 0 Å². The van der Waals surface area contributed by atoms with Gasteiger partial charge in [-0.15, -0.1) is 0 Å². The SMILES string of the molecule is Cc1nc2onc(-c3ccccc3)n2c1N. The van der Waals surface area contributed by atoms with E-state index < -0.39 is 0 Å². The van der Waals surface area contributed by atoms with E-state index in [2.05, 4.69) is 10.1 Å². The molecule has 0 fully saturated rings. The number of nitrogen functional groups attached to an aromatic ring is 1. The van der Waals surface area contributed by atoms with Crippen LogP contribution in [0.5, 0.6) is 0 Å². The number of anilines is 1. The molecular weight excluding hydrogens is 204 g/mol. The van der Waals surface area contributed by atoms with Crippen LogP contribution in [-0.4, -0.2) is 14.5 Å². The summed E-state index contributed by atoms with van der Waals surface area (Å²) in [6.45, 7) is 1.84. The highest BCUT2D eigenvalue weighted by Crippen LogP contribution is 2.23. The zero-order valence-corrected chi connectivity index (χ0v) is 8.71. The van der Waals surface area contributed by atoms with Crippen LogP contribution in [0.15, 0.2) is 34.9 Å². The monoisotopic (exact) mass is 214 g/mol. The second-order valence-electron chi connectivity index (χ2n) is 3.57. The lowest BCUT2D eigenvalue weighted by atomic mass is 10.2. The van der Waals surface area contributed by atoms with Crippen LogP contribution in [0.25, 0.3) is 17.2 Å². The number of aryl methyl sites for hydroxylation is 1. The maximum Gasteiger partial charge on any atom is 0.334 e. The summed E-state index contributed by atoms with van der Waals surface area (Å²) in [5.74, 6) is 1.66. The Kier molecular flexibility index (Phi) is 1.73. The first kappa shape index (κ1) is 8.96. The van der Waals surface area contributed by atoms with Crippen LogP contribution in [0.1, 0.15) is 5.69 Å². The summed E-state index contributed by atoms with van der Waals surface area (Å²) in [5.41, 5.74) is 7.62. The molecule has 5 heteroatoms. The molecule has 3 rings (SSSR count). The molecule has 1 aromatic carbocycles. The standard InChI is InChI=1S/C11H10N4O/c1-7-9(12)15-10(14-16-11(15)13-7)8-5-3-2-4-6-8/h2-6H,12H2,1H3. The van der Waals surface area contributed by atoms with Gasteiger partial charge in [0, 0.05) is 5.56 Å². The molecule has 0 aliphatic rings. The minimum absolute atomic E-state index is 0.425. The van der Waals surface area contributed by atoms with Crippen LogP contribution >= 0.6 is 0 Å². The maximum absolute atomic E-state index is 5.92. The predicted molar refractivity (Wildman–Crippen MR) is 59.8 cm³/mol. The van der Waals surface area contributed by atoms with Gasteiger partial charge in [0.15, 0.2) is 5.82 Å². The Morgan fingerprint density at radius 2 is 2.00 bits per heavy atom. The van der Waals surface area contributed by atoms with E-state index in [1.54, 1.807) is 4.40 Å². The Bertz CT molecular complexity index is 639. The molecule has 2 heterocycles. The van der Waals surface area contributed by atoms with E-state index in [-0.39, 0.29) is 0 Å². The summed E-state index contributed by atoms with van der Waals surface area (Å²) < 4.78 is 6.84. The Balaban J connectivity index is 2.32. The average Bonchev–Trinajstić information content (AvgIpc) is 2.83. The highest BCUT2D eigenvalue weighted by molar-refractivity contribution is 5.61. The number of hydrogen-bond donors (Lipinski definition) is 1. The average molecular weight is 214 g/mol. The highest BCUT2D eigenvalue weighted by Gasteiger charge is 2.15. The van der Waals surface area contributed by atoms with E-state index in [4.69, 9.17) is 10.3 Å². The normalized spacial score (nSPS) is 11.1. The zero-order valence-electron chi connectivity index (χ0n) is 8.71. The number of aromatic nitrogens is 3. The molecule has 80 valence electrons. The van der Waals surface area contributed by atoms with Crippen molar-refractivity contribution in [2.45, 2.75) is 6.92 Å². The first-order valence-electron chi connectivity index (χ1n) is 4.93. The van der Waals surface area contributed by atoms with Gasteiger partial charge < -0.3 is 10.3 Å². The lowest BCUT2D eigenvalue weighted by Gasteiger charge is -1.97. The fourth-order valence-corrected chi connectivity index (χ4v) is 1.68. The maximum atomic E-state index is 5.92. The third kappa shape index (κ3) is 1.11. The molecule has 0 spiro atoms. The number of hydrogen-bond acceptors (Lipinski definition) is 4. The number of nitrogens with two attached hydrogens (primary N) is 1. The van der Waals surface area contributed by atoms with E-state index in [1.165, 1.54) is 0 Å². The van der Waals surface area contributed by atoms with Crippen molar-refractivity contribution in [1.29, 1.82) is 0 Å². The fourth-order valence-electron chi connectivity index (χ4n) is 1.68. The van der Waals surface area contributed by atoms with Crippen LogP contribution in [0, 0.1) is 6.92 Å². The molecule has 2 N–H and O–H groups in total. The van der Waals surface area contributed by atoms with Crippen LogP contribution in [0.4, 0.5) is 5.82 Å². The lowest BCUT2D eigenvalue weighted by molar-refractivity contribution is 0.449. The Labute approximate surface area is 91.5 Å². The van der Waals surface area contributed by atoms with E-state index >= 15 is 0 Å². The van der Waals surface area contributed by atoms with Crippen molar-refractivity contribution in [2.75, 3.05) is 5.73 Å². The largest absolute Gasteiger partial charge is 0.383 e. The zero-order chi connectivity index (χ0) is 11.1. The quantitative estimate of drug-likeness (QED) is 0.671. The van der Waals surface area contributed by atoms with Gasteiger partial charge in [-0.25, -0.2) is 4.40 Å². The van der Waals surface area contributed by atoms with Crippen LogP contribution in [0.3, 0.4) is 0 Å². The molecule has 0 aliphatic heterocycles.